The molecule has 0 bridgehead atoms. The molecule has 126 valence electrons. The lowest BCUT2D eigenvalue weighted by Crippen LogP contribution is -2.30. The van der Waals surface area contributed by atoms with Crippen LogP contribution in [0.25, 0.3) is 16.8 Å². The molecule has 0 aliphatic heterocycles. The first-order valence-electron chi connectivity index (χ1n) is 7.85. The molecular weight excluding hydrogens is 298 g/mol. The topological polar surface area (TPSA) is 71.2 Å². The average molecular weight is 323 g/mol. The van der Waals surface area contributed by atoms with Crippen molar-refractivity contribution in [1.29, 1.82) is 0 Å². The number of nitrogens with zero attached hydrogens (tertiary/aromatic N) is 1. The van der Waals surface area contributed by atoms with E-state index >= 15 is 0 Å². The number of nitrogens with one attached hydrogen (secondary N) is 1. The maximum Gasteiger partial charge on any atom is 0.0924 e. The molecule has 0 fully saturated rings. The molecule has 1 heterocycles. The quantitative estimate of drug-likeness (QED) is 0.547. The van der Waals surface area contributed by atoms with E-state index in [1.165, 1.54) is 0 Å². The van der Waals surface area contributed by atoms with Crippen molar-refractivity contribution < 1.29 is 5.11 Å². The molecule has 1 aromatic carbocycles. The van der Waals surface area contributed by atoms with E-state index in [4.69, 9.17) is 5.73 Å². The minimum atomic E-state index is -0.432. The molecule has 0 saturated heterocycles. The molecule has 0 atom stereocenters. The summed E-state index contributed by atoms with van der Waals surface area (Å²) >= 11 is 0. The van der Waals surface area contributed by atoms with E-state index in [1.54, 1.807) is 0 Å². The maximum absolute atomic E-state index is 9.61. The Bertz CT molecular complexity index is 778. The van der Waals surface area contributed by atoms with Crippen molar-refractivity contribution in [3.63, 3.8) is 0 Å². The second-order valence-corrected chi connectivity index (χ2v) is 6.68. The first-order chi connectivity index (χ1) is 11.2. The summed E-state index contributed by atoms with van der Waals surface area (Å²) in [6, 6.07) is 9.80. The molecule has 0 unspecified atom stereocenters. The van der Waals surface area contributed by atoms with E-state index in [2.05, 4.69) is 29.5 Å². The molecule has 0 spiro atoms. The van der Waals surface area contributed by atoms with Gasteiger partial charge in [-0.25, -0.2) is 0 Å². The van der Waals surface area contributed by atoms with Crippen LogP contribution in [0.4, 0.5) is 5.69 Å². The van der Waals surface area contributed by atoms with Crippen molar-refractivity contribution >= 4 is 11.4 Å². The molecule has 4 N–H and O–H groups in total. The summed E-state index contributed by atoms with van der Waals surface area (Å²) in [5.41, 5.74) is 10.7. The number of nitrogens with two attached hydrogens (primary N) is 1. The second-order valence-electron chi connectivity index (χ2n) is 6.68. The van der Waals surface area contributed by atoms with Crippen molar-refractivity contribution in [2.45, 2.75) is 20.8 Å². The number of nitrogen functional groups attached to an aromatic ring is 1. The van der Waals surface area contributed by atoms with Crippen LogP contribution in [0.5, 0.6) is 0 Å². The third-order valence-electron chi connectivity index (χ3n) is 4.11. The Labute approximate surface area is 143 Å². The molecule has 2 aromatic rings. The third-order valence-corrected chi connectivity index (χ3v) is 4.11. The van der Waals surface area contributed by atoms with E-state index in [0.717, 1.165) is 33.8 Å². The fourth-order valence-corrected chi connectivity index (χ4v) is 2.28. The van der Waals surface area contributed by atoms with Crippen LogP contribution in [-0.2, 0) is 0 Å². The van der Waals surface area contributed by atoms with Gasteiger partial charge in [0.05, 0.1) is 17.2 Å². The molecule has 0 radical (unpaired) electrons. The second kappa shape index (κ2) is 6.79. The minimum absolute atomic E-state index is 0.143. The molecule has 24 heavy (non-hydrogen) atoms. The zero-order chi connectivity index (χ0) is 17.9. The third kappa shape index (κ3) is 3.96. The van der Waals surface area contributed by atoms with Crippen LogP contribution in [0.3, 0.4) is 0 Å². The summed E-state index contributed by atoms with van der Waals surface area (Å²) in [5, 5.41) is 12.8. The smallest absolute Gasteiger partial charge is 0.0924 e. The molecule has 2 rings (SSSR count). The first kappa shape index (κ1) is 17.6. The highest BCUT2D eigenvalue weighted by atomic mass is 16.3. The monoisotopic (exact) mass is 323 g/mol. The summed E-state index contributed by atoms with van der Waals surface area (Å²) in [6.07, 6.45) is 1.82. The number of aliphatic hydroxyl groups is 1. The summed E-state index contributed by atoms with van der Waals surface area (Å²) in [5.74, 6) is 0.143. The predicted octanol–water partition coefficient (Wildman–Crippen LogP) is 4.30. The lowest BCUT2D eigenvalue weighted by molar-refractivity contribution is 0.259. The number of anilines is 1. The number of pyridine rings is 1. The van der Waals surface area contributed by atoms with Gasteiger partial charge in [-0.2, -0.15) is 0 Å². The Hall–Kier alpha value is -2.75. The SMILES string of the molecule is C=C(NCC(C)(C)C(=C)O)c1ncc(-c2cccc(N)c2)cc1C. The number of aliphatic hydroxyl groups excluding tert-OH is 1. The maximum atomic E-state index is 9.61. The summed E-state index contributed by atoms with van der Waals surface area (Å²) in [4.78, 5) is 4.54. The zero-order valence-corrected chi connectivity index (χ0v) is 14.6. The van der Waals surface area contributed by atoms with E-state index in [1.807, 2.05) is 51.2 Å². The largest absolute Gasteiger partial charge is 0.512 e. The number of hydrogen-bond donors (Lipinski definition) is 3. The van der Waals surface area contributed by atoms with Crippen LogP contribution < -0.4 is 11.1 Å². The lowest BCUT2D eigenvalue weighted by Gasteiger charge is -2.25. The van der Waals surface area contributed by atoms with Crippen LogP contribution in [0, 0.1) is 12.3 Å². The van der Waals surface area contributed by atoms with Gasteiger partial charge in [0.15, 0.2) is 0 Å². The van der Waals surface area contributed by atoms with Gasteiger partial charge in [-0.05, 0) is 36.2 Å². The van der Waals surface area contributed by atoms with Gasteiger partial charge in [0.25, 0.3) is 0 Å². The molecule has 4 nitrogen and oxygen atoms in total. The first-order valence-corrected chi connectivity index (χ1v) is 7.85. The Balaban J connectivity index is 2.18. The van der Waals surface area contributed by atoms with E-state index in [-0.39, 0.29) is 5.76 Å². The molecule has 4 heteroatoms. The Morgan fingerprint density at radius 2 is 1.96 bits per heavy atom. The Kier molecular flexibility index (Phi) is 4.98. The summed E-state index contributed by atoms with van der Waals surface area (Å²) < 4.78 is 0. The van der Waals surface area contributed by atoms with Gasteiger partial charge >= 0.3 is 0 Å². The Morgan fingerprint density at radius 1 is 1.25 bits per heavy atom. The van der Waals surface area contributed by atoms with Gasteiger partial charge in [0.1, 0.15) is 0 Å². The van der Waals surface area contributed by atoms with Crippen LogP contribution in [0.2, 0.25) is 0 Å². The highest BCUT2D eigenvalue weighted by molar-refractivity contribution is 5.70. The van der Waals surface area contributed by atoms with Crippen LogP contribution in [-0.4, -0.2) is 16.6 Å². The van der Waals surface area contributed by atoms with Gasteiger partial charge in [-0.15, -0.1) is 0 Å². The summed E-state index contributed by atoms with van der Waals surface area (Å²) in [6.45, 7) is 14.0. The van der Waals surface area contributed by atoms with Gasteiger partial charge in [0, 0.05) is 29.4 Å². The molecule has 0 aliphatic rings. The van der Waals surface area contributed by atoms with Crippen molar-refractivity contribution in [2.24, 2.45) is 5.41 Å². The highest BCUT2D eigenvalue weighted by Gasteiger charge is 2.21. The number of benzene rings is 1. The average Bonchev–Trinajstić information content (AvgIpc) is 2.52. The fourth-order valence-electron chi connectivity index (χ4n) is 2.28. The van der Waals surface area contributed by atoms with Crippen LogP contribution in [0.15, 0.2) is 55.4 Å². The van der Waals surface area contributed by atoms with Gasteiger partial charge in [0.2, 0.25) is 0 Å². The molecule has 1 aromatic heterocycles. The van der Waals surface area contributed by atoms with E-state index in [0.29, 0.717) is 6.54 Å². The number of rotatable bonds is 6. The van der Waals surface area contributed by atoms with Crippen molar-refractivity contribution in [3.8, 4) is 11.1 Å². The standard InChI is InChI=1S/C20H25N3O/c1-13-9-17(16-7-6-8-18(21)10-16)11-22-19(13)14(2)23-12-20(4,5)15(3)24/h6-11,23-24H,2-3,12,21H2,1,4-5H3. The van der Waals surface area contributed by atoms with Gasteiger partial charge in [-0.1, -0.05) is 39.1 Å². The van der Waals surface area contributed by atoms with Crippen molar-refractivity contribution in [3.05, 3.63) is 66.7 Å². The van der Waals surface area contributed by atoms with Gasteiger partial charge in [-0.3, -0.25) is 4.98 Å². The number of aromatic nitrogens is 1. The Morgan fingerprint density at radius 3 is 2.54 bits per heavy atom. The van der Waals surface area contributed by atoms with Crippen LogP contribution >= 0.6 is 0 Å². The predicted molar refractivity (Wildman–Crippen MR) is 101 cm³/mol. The fraction of sp³-hybridized carbons (Fsp3) is 0.250. The minimum Gasteiger partial charge on any atom is -0.512 e. The van der Waals surface area contributed by atoms with Gasteiger partial charge < -0.3 is 16.2 Å². The van der Waals surface area contributed by atoms with Crippen molar-refractivity contribution in [1.82, 2.24) is 10.3 Å². The highest BCUT2D eigenvalue weighted by Crippen LogP contribution is 2.25. The number of aryl methyl sites for hydroxylation is 1. The lowest BCUT2D eigenvalue weighted by atomic mass is 9.91. The normalized spacial score (nSPS) is 11.1. The zero-order valence-electron chi connectivity index (χ0n) is 14.6. The molecule has 0 aliphatic carbocycles. The van der Waals surface area contributed by atoms with Crippen molar-refractivity contribution in [2.75, 3.05) is 12.3 Å². The number of hydrogen-bond acceptors (Lipinski definition) is 4. The van der Waals surface area contributed by atoms with Crippen LogP contribution in [0.1, 0.15) is 25.1 Å². The molecule has 0 saturated carbocycles. The summed E-state index contributed by atoms with van der Waals surface area (Å²) in [7, 11) is 0. The van der Waals surface area contributed by atoms with E-state index in [9.17, 15) is 5.11 Å². The molecular formula is C20H25N3O. The van der Waals surface area contributed by atoms with E-state index < -0.39 is 5.41 Å². The molecule has 0 amide bonds.